The van der Waals surface area contributed by atoms with Gasteiger partial charge in [0.25, 0.3) is 0 Å². The molecule has 1 aromatic carbocycles. The summed E-state index contributed by atoms with van der Waals surface area (Å²) < 4.78 is 10.3. The first-order chi connectivity index (χ1) is 9.56. The number of rotatable bonds is 8. The van der Waals surface area contributed by atoms with Crippen molar-refractivity contribution in [3.05, 3.63) is 18.2 Å². The molecule has 0 radical (unpaired) electrons. The van der Waals surface area contributed by atoms with Crippen molar-refractivity contribution in [1.82, 2.24) is 0 Å². The topological polar surface area (TPSA) is 64.6 Å². The van der Waals surface area contributed by atoms with Crippen LogP contribution in [0, 0.1) is 0 Å². The molecule has 1 aromatic rings. The Balaban J connectivity index is 2.47. The molecular formula is C15H21NO4. The lowest BCUT2D eigenvalue weighted by Crippen LogP contribution is -2.11. The number of unbranched alkanes of at least 4 members (excludes halogenated alkanes) is 1. The lowest BCUT2D eigenvalue weighted by molar-refractivity contribution is -0.118. The Morgan fingerprint density at radius 1 is 1.05 bits per heavy atom. The van der Waals surface area contributed by atoms with Crippen LogP contribution in [0.5, 0.6) is 11.5 Å². The van der Waals surface area contributed by atoms with Crippen LogP contribution in [0.1, 0.15) is 32.6 Å². The minimum Gasteiger partial charge on any atom is -0.493 e. The average molecular weight is 279 g/mol. The van der Waals surface area contributed by atoms with Gasteiger partial charge in [-0.3, -0.25) is 4.79 Å². The SMILES string of the molecule is COc1ccc(NC(=O)CCCCC(C)=O)cc1OC. The molecule has 0 atom stereocenters. The molecule has 0 bridgehead atoms. The molecule has 110 valence electrons. The number of ketones is 1. The molecule has 0 unspecified atom stereocenters. The molecule has 0 spiro atoms. The normalized spacial score (nSPS) is 9.95. The molecule has 0 saturated carbocycles. The lowest BCUT2D eigenvalue weighted by Gasteiger charge is -2.10. The van der Waals surface area contributed by atoms with Gasteiger partial charge >= 0.3 is 0 Å². The molecule has 0 saturated heterocycles. The highest BCUT2D eigenvalue weighted by Gasteiger charge is 2.07. The molecule has 1 amide bonds. The first-order valence-corrected chi connectivity index (χ1v) is 6.58. The minimum absolute atomic E-state index is 0.0687. The highest BCUT2D eigenvalue weighted by atomic mass is 16.5. The first-order valence-electron chi connectivity index (χ1n) is 6.58. The van der Waals surface area contributed by atoms with E-state index in [9.17, 15) is 9.59 Å². The average Bonchev–Trinajstić information content (AvgIpc) is 2.43. The highest BCUT2D eigenvalue weighted by Crippen LogP contribution is 2.29. The van der Waals surface area contributed by atoms with Crippen LogP contribution in [0.25, 0.3) is 0 Å². The molecule has 0 heterocycles. The van der Waals surface area contributed by atoms with Crippen LogP contribution in [0.4, 0.5) is 5.69 Å². The van der Waals surface area contributed by atoms with Crippen LogP contribution >= 0.6 is 0 Å². The second-order valence-electron chi connectivity index (χ2n) is 4.53. The van der Waals surface area contributed by atoms with E-state index in [1.165, 1.54) is 0 Å². The smallest absolute Gasteiger partial charge is 0.224 e. The summed E-state index contributed by atoms with van der Waals surface area (Å²) in [5.74, 6) is 1.28. The standard InChI is InChI=1S/C15H21NO4/c1-11(17)6-4-5-7-15(18)16-12-8-9-13(19-2)14(10-12)20-3/h8-10H,4-7H2,1-3H3,(H,16,18). The Morgan fingerprint density at radius 2 is 1.70 bits per heavy atom. The molecule has 0 aliphatic heterocycles. The van der Waals surface area contributed by atoms with Crippen LogP contribution in [-0.2, 0) is 9.59 Å². The summed E-state index contributed by atoms with van der Waals surface area (Å²) in [4.78, 5) is 22.5. The Morgan fingerprint density at radius 3 is 2.30 bits per heavy atom. The van der Waals surface area contributed by atoms with Crippen molar-refractivity contribution in [1.29, 1.82) is 0 Å². The van der Waals surface area contributed by atoms with E-state index in [0.717, 1.165) is 6.42 Å². The van der Waals surface area contributed by atoms with Gasteiger partial charge in [0, 0.05) is 24.6 Å². The second-order valence-corrected chi connectivity index (χ2v) is 4.53. The number of nitrogens with one attached hydrogen (secondary N) is 1. The van der Waals surface area contributed by atoms with Gasteiger partial charge in [-0.25, -0.2) is 0 Å². The fraction of sp³-hybridized carbons (Fsp3) is 0.467. The zero-order valence-corrected chi connectivity index (χ0v) is 12.2. The number of benzene rings is 1. The third kappa shape index (κ3) is 5.30. The fourth-order valence-corrected chi connectivity index (χ4v) is 1.80. The van der Waals surface area contributed by atoms with E-state index in [0.29, 0.717) is 36.4 Å². The van der Waals surface area contributed by atoms with Gasteiger partial charge in [-0.1, -0.05) is 0 Å². The van der Waals surface area contributed by atoms with E-state index in [2.05, 4.69) is 5.32 Å². The number of hydrogen-bond donors (Lipinski definition) is 1. The molecule has 0 aromatic heterocycles. The maximum Gasteiger partial charge on any atom is 0.224 e. The maximum absolute atomic E-state index is 11.7. The second kappa shape index (κ2) is 8.19. The molecule has 0 aliphatic rings. The van der Waals surface area contributed by atoms with Crippen molar-refractivity contribution in [2.75, 3.05) is 19.5 Å². The molecule has 1 rings (SSSR count). The first kappa shape index (κ1) is 16.0. The number of ether oxygens (including phenoxy) is 2. The molecule has 0 aliphatic carbocycles. The van der Waals surface area contributed by atoms with Crippen molar-refractivity contribution < 1.29 is 19.1 Å². The van der Waals surface area contributed by atoms with E-state index in [1.54, 1.807) is 39.3 Å². The fourth-order valence-electron chi connectivity index (χ4n) is 1.80. The number of carbonyl (C=O) groups excluding carboxylic acids is 2. The Kier molecular flexibility index (Phi) is 6.56. The van der Waals surface area contributed by atoms with E-state index in [-0.39, 0.29) is 11.7 Å². The number of anilines is 1. The number of hydrogen-bond acceptors (Lipinski definition) is 4. The predicted octanol–water partition coefficient (Wildman–Crippen LogP) is 2.79. The van der Waals surface area contributed by atoms with Crippen LogP contribution in [0.2, 0.25) is 0 Å². The van der Waals surface area contributed by atoms with Gasteiger partial charge in [-0.2, -0.15) is 0 Å². The van der Waals surface area contributed by atoms with Crippen LogP contribution in [0.15, 0.2) is 18.2 Å². The van der Waals surface area contributed by atoms with Crippen molar-refractivity contribution in [2.45, 2.75) is 32.6 Å². The Hall–Kier alpha value is -2.04. The van der Waals surface area contributed by atoms with Gasteiger partial charge in [-0.15, -0.1) is 0 Å². The Bertz CT molecular complexity index is 471. The van der Waals surface area contributed by atoms with Gasteiger partial charge in [0.1, 0.15) is 5.78 Å². The van der Waals surface area contributed by atoms with Gasteiger partial charge < -0.3 is 19.6 Å². The maximum atomic E-state index is 11.7. The molecule has 20 heavy (non-hydrogen) atoms. The van der Waals surface area contributed by atoms with Crippen LogP contribution in [0.3, 0.4) is 0 Å². The van der Waals surface area contributed by atoms with E-state index >= 15 is 0 Å². The third-order valence-electron chi connectivity index (χ3n) is 2.85. The van der Waals surface area contributed by atoms with E-state index in [1.807, 2.05) is 0 Å². The Labute approximate surface area is 119 Å². The number of methoxy groups -OCH3 is 2. The van der Waals surface area contributed by atoms with Crippen LogP contribution < -0.4 is 14.8 Å². The highest BCUT2D eigenvalue weighted by molar-refractivity contribution is 5.91. The van der Waals surface area contributed by atoms with E-state index < -0.39 is 0 Å². The summed E-state index contributed by atoms with van der Waals surface area (Å²) in [6.45, 7) is 1.56. The monoisotopic (exact) mass is 279 g/mol. The zero-order valence-electron chi connectivity index (χ0n) is 12.2. The van der Waals surface area contributed by atoms with Crippen molar-refractivity contribution >= 4 is 17.4 Å². The third-order valence-corrected chi connectivity index (χ3v) is 2.85. The summed E-state index contributed by atoms with van der Waals surface area (Å²) >= 11 is 0. The summed E-state index contributed by atoms with van der Waals surface area (Å²) in [5.41, 5.74) is 0.666. The summed E-state index contributed by atoms with van der Waals surface area (Å²) in [7, 11) is 3.11. The van der Waals surface area contributed by atoms with Crippen molar-refractivity contribution in [3.8, 4) is 11.5 Å². The minimum atomic E-state index is -0.0687. The van der Waals surface area contributed by atoms with Crippen molar-refractivity contribution in [3.63, 3.8) is 0 Å². The summed E-state index contributed by atoms with van der Waals surface area (Å²) in [6, 6.07) is 5.21. The molecule has 5 heteroatoms. The predicted molar refractivity (Wildman–Crippen MR) is 77.3 cm³/mol. The number of amides is 1. The van der Waals surface area contributed by atoms with Crippen molar-refractivity contribution in [2.24, 2.45) is 0 Å². The number of Topliss-reactive ketones (excluding diaryl/α,β-unsaturated/α-hetero) is 1. The summed E-state index contributed by atoms with van der Waals surface area (Å²) in [6.07, 6.45) is 2.39. The number of carbonyl (C=O) groups is 2. The van der Waals surface area contributed by atoms with Crippen LogP contribution in [-0.4, -0.2) is 25.9 Å². The molecule has 0 fully saturated rings. The lowest BCUT2D eigenvalue weighted by atomic mass is 10.1. The van der Waals surface area contributed by atoms with Gasteiger partial charge in [0.2, 0.25) is 5.91 Å². The largest absolute Gasteiger partial charge is 0.493 e. The van der Waals surface area contributed by atoms with Gasteiger partial charge in [-0.05, 0) is 31.9 Å². The zero-order chi connectivity index (χ0) is 15.0. The molecule has 1 N–H and O–H groups in total. The quantitative estimate of drug-likeness (QED) is 0.743. The summed E-state index contributed by atoms with van der Waals surface area (Å²) in [5, 5.41) is 2.80. The van der Waals surface area contributed by atoms with E-state index in [4.69, 9.17) is 9.47 Å². The molecular weight excluding hydrogens is 258 g/mol. The molecule has 5 nitrogen and oxygen atoms in total. The van der Waals surface area contributed by atoms with Gasteiger partial charge in [0.15, 0.2) is 11.5 Å². The van der Waals surface area contributed by atoms with Gasteiger partial charge in [0.05, 0.1) is 14.2 Å².